The molecule has 1 rings (SSSR count). The zero-order chi connectivity index (χ0) is 14.4. The van der Waals surface area contributed by atoms with E-state index < -0.39 is 15.7 Å². The molecule has 0 bridgehead atoms. The van der Waals surface area contributed by atoms with E-state index in [4.69, 9.17) is 11.6 Å². The maximum atomic E-state index is 11.2. The van der Waals surface area contributed by atoms with Gasteiger partial charge in [-0.25, -0.2) is 0 Å². The predicted molar refractivity (Wildman–Crippen MR) is 78.0 cm³/mol. The highest BCUT2D eigenvalue weighted by Crippen LogP contribution is 2.22. The van der Waals surface area contributed by atoms with Gasteiger partial charge in [0.2, 0.25) is 0 Å². The van der Waals surface area contributed by atoms with Gasteiger partial charge in [0, 0.05) is 45.5 Å². The number of halogens is 1. The lowest BCUT2D eigenvalue weighted by Gasteiger charge is -2.09. The molecule has 1 aromatic rings. The van der Waals surface area contributed by atoms with E-state index in [1.165, 1.54) is 6.07 Å². The molecule has 0 spiro atoms. The van der Waals surface area contributed by atoms with Crippen LogP contribution in [0.15, 0.2) is 18.2 Å². The quantitative estimate of drug-likeness (QED) is 0.477. The summed E-state index contributed by atoms with van der Waals surface area (Å²) in [6.07, 6.45) is 2.44. The summed E-state index contributed by atoms with van der Waals surface area (Å²) in [6, 6.07) is 4.63. The third kappa shape index (κ3) is 5.26. The molecular weight excluding hydrogens is 288 g/mol. The molecule has 0 amide bonds. The highest BCUT2D eigenvalue weighted by Gasteiger charge is 2.13. The van der Waals surface area contributed by atoms with Crippen molar-refractivity contribution in [2.45, 2.75) is 25.1 Å². The fourth-order valence-electron chi connectivity index (χ4n) is 1.55. The molecule has 0 saturated carbocycles. The van der Waals surface area contributed by atoms with E-state index in [2.05, 4.69) is 5.32 Å². The molecule has 0 aliphatic rings. The molecule has 0 aliphatic carbocycles. The van der Waals surface area contributed by atoms with Gasteiger partial charge < -0.3 is 5.32 Å². The maximum absolute atomic E-state index is 11.2. The van der Waals surface area contributed by atoms with Gasteiger partial charge in [-0.1, -0.05) is 18.5 Å². The van der Waals surface area contributed by atoms with E-state index in [1.54, 1.807) is 18.4 Å². The summed E-state index contributed by atoms with van der Waals surface area (Å²) in [5, 5.41) is 14.5. The van der Waals surface area contributed by atoms with Crippen molar-refractivity contribution in [3.8, 4) is 0 Å². The van der Waals surface area contributed by atoms with Crippen LogP contribution in [0.5, 0.6) is 0 Å². The molecule has 1 N–H and O–H groups in total. The summed E-state index contributed by atoms with van der Waals surface area (Å²) in [7, 11) is -0.839. The molecule has 0 heterocycles. The smallest absolute Gasteiger partial charge is 0.275 e. The number of hydrogen-bond acceptors (Lipinski definition) is 4. The minimum absolute atomic E-state index is 0.0205. The van der Waals surface area contributed by atoms with Crippen LogP contribution in [0, 0.1) is 10.1 Å². The summed E-state index contributed by atoms with van der Waals surface area (Å²) in [6.45, 7) is 2.99. The highest BCUT2D eigenvalue weighted by atomic mass is 35.5. The van der Waals surface area contributed by atoms with Gasteiger partial charge >= 0.3 is 0 Å². The zero-order valence-corrected chi connectivity index (χ0v) is 12.5. The Labute approximate surface area is 120 Å². The second-order valence-electron chi connectivity index (χ2n) is 4.30. The van der Waals surface area contributed by atoms with Gasteiger partial charge in [0.1, 0.15) is 0 Å². The van der Waals surface area contributed by atoms with Crippen LogP contribution in [0.3, 0.4) is 0 Å². The molecule has 0 aromatic heterocycles. The summed E-state index contributed by atoms with van der Waals surface area (Å²) in [5.74, 6) is 0. The van der Waals surface area contributed by atoms with Crippen LogP contribution in [0.4, 0.5) is 5.69 Å². The maximum Gasteiger partial charge on any atom is 0.275 e. The van der Waals surface area contributed by atoms with Crippen LogP contribution in [0.25, 0.3) is 0 Å². The standard InChI is InChI=1S/C12H17ClN2O3S/c1-9(19(2)18)5-6-14-8-10-3-4-11(13)7-12(10)15(16)17/h3-4,7,9,14H,5-6,8H2,1-2H3. The first kappa shape index (κ1) is 16.1. The largest absolute Gasteiger partial charge is 0.312 e. The van der Waals surface area contributed by atoms with E-state index in [1.807, 2.05) is 6.92 Å². The number of nitrogens with zero attached hydrogens (tertiary/aromatic N) is 1. The first-order valence-corrected chi connectivity index (χ1v) is 7.87. The molecule has 5 nitrogen and oxygen atoms in total. The lowest BCUT2D eigenvalue weighted by molar-refractivity contribution is -0.385. The molecule has 106 valence electrons. The summed E-state index contributed by atoms with van der Waals surface area (Å²) < 4.78 is 11.2. The van der Waals surface area contributed by atoms with E-state index in [-0.39, 0.29) is 10.9 Å². The molecule has 0 fully saturated rings. The third-order valence-corrected chi connectivity index (χ3v) is 4.46. The Kier molecular flexibility index (Phi) is 6.41. The summed E-state index contributed by atoms with van der Waals surface area (Å²) in [5.41, 5.74) is 0.617. The minimum atomic E-state index is -0.839. The summed E-state index contributed by atoms with van der Waals surface area (Å²) in [4.78, 5) is 10.4. The Morgan fingerprint density at radius 2 is 2.21 bits per heavy atom. The molecule has 0 radical (unpaired) electrons. The Morgan fingerprint density at radius 3 is 2.79 bits per heavy atom. The van der Waals surface area contributed by atoms with Gasteiger partial charge in [0.25, 0.3) is 5.69 Å². The SMILES string of the molecule is CC(CCNCc1ccc(Cl)cc1[N+](=O)[O-])S(C)=O. The lowest BCUT2D eigenvalue weighted by atomic mass is 10.2. The first-order chi connectivity index (χ1) is 8.91. The highest BCUT2D eigenvalue weighted by molar-refractivity contribution is 7.84. The third-order valence-electron chi connectivity index (χ3n) is 2.85. The van der Waals surface area contributed by atoms with Crippen LogP contribution in [-0.4, -0.2) is 27.2 Å². The molecule has 0 aliphatic heterocycles. The normalized spacial score (nSPS) is 14.1. The van der Waals surface area contributed by atoms with Gasteiger partial charge in [-0.2, -0.15) is 0 Å². The monoisotopic (exact) mass is 304 g/mol. The van der Waals surface area contributed by atoms with E-state index in [0.717, 1.165) is 6.42 Å². The van der Waals surface area contributed by atoms with Gasteiger partial charge in [-0.15, -0.1) is 0 Å². The number of benzene rings is 1. The van der Waals surface area contributed by atoms with Crippen LogP contribution in [0.2, 0.25) is 5.02 Å². The van der Waals surface area contributed by atoms with E-state index in [0.29, 0.717) is 23.7 Å². The van der Waals surface area contributed by atoms with Crippen molar-refractivity contribution in [2.24, 2.45) is 0 Å². The Hall–Kier alpha value is -0.980. The Bertz CT molecular complexity index is 482. The second kappa shape index (κ2) is 7.57. The Morgan fingerprint density at radius 1 is 1.53 bits per heavy atom. The topological polar surface area (TPSA) is 72.2 Å². The fraction of sp³-hybridized carbons (Fsp3) is 0.500. The van der Waals surface area contributed by atoms with E-state index >= 15 is 0 Å². The van der Waals surface area contributed by atoms with Crippen molar-refractivity contribution in [1.82, 2.24) is 5.32 Å². The van der Waals surface area contributed by atoms with Crippen LogP contribution >= 0.6 is 11.6 Å². The van der Waals surface area contributed by atoms with Crippen molar-refractivity contribution in [3.63, 3.8) is 0 Å². The predicted octanol–water partition coefficient (Wildman–Crippen LogP) is 2.49. The molecule has 0 saturated heterocycles. The van der Waals surface area contributed by atoms with Crippen molar-refractivity contribution in [2.75, 3.05) is 12.8 Å². The number of nitro groups is 1. The number of hydrogen-bond donors (Lipinski definition) is 1. The zero-order valence-electron chi connectivity index (χ0n) is 10.9. The Balaban J connectivity index is 2.54. The van der Waals surface area contributed by atoms with Crippen LogP contribution in [-0.2, 0) is 17.3 Å². The fourth-order valence-corrected chi connectivity index (χ4v) is 2.17. The van der Waals surface area contributed by atoms with Crippen molar-refractivity contribution in [1.29, 1.82) is 0 Å². The van der Waals surface area contributed by atoms with Gasteiger partial charge in [-0.3, -0.25) is 14.3 Å². The molecule has 19 heavy (non-hydrogen) atoms. The molecular formula is C12H17ClN2O3S. The summed E-state index contributed by atoms with van der Waals surface area (Å²) >= 11 is 5.74. The molecule has 7 heteroatoms. The minimum Gasteiger partial charge on any atom is -0.312 e. The first-order valence-electron chi connectivity index (χ1n) is 5.87. The number of nitro benzene ring substituents is 1. The average molecular weight is 305 g/mol. The van der Waals surface area contributed by atoms with Gasteiger partial charge in [-0.05, 0) is 25.1 Å². The van der Waals surface area contributed by atoms with Crippen LogP contribution in [0.1, 0.15) is 18.9 Å². The van der Waals surface area contributed by atoms with Crippen molar-refractivity contribution >= 4 is 28.1 Å². The number of rotatable bonds is 7. The molecule has 2 atom stereocenters. The molecule has 2 unspecified atom stereocenters. The van der Waals surface area contributed by atoms with Crippen molar-refractivity contribution < 1.29 is 9.13 Å². The van der Waals surface area contributed by atoms with Crippen LogP contribution < -0.4 is 5.32 Å². The second-order valence-corrected chi connectivity index (χ2v) is 6.54. The number of nitrogens with one attached hydrogen (secondary N) is 1. The van der Waals surface area contributed by atoms with Gasteiger partial charge in [0.15, 0.2) is 0 Å². The average Bonchev–Trinajstić information content (AvgIpc) is 2.35. The van der Waals surface area contributed by atoms with Gasteiger partial charge in [0.05, 0.1) is 4.92 Å². The van der Waals surface area contributed by atoms with E-state index in [9.17, 15) is 14.3 Å². The lowest BCUT2D eigenvalue weighted by Crippen LogP contribution is -2.21. The molecule has 1 aromatic carbocycles. The van der Waals surface area contributed by atoms with Crippen molar-refractivity contribution in [3.05, 3.63) is 38.9 Å².